The normalized spacial score (nSPS) is 17.6. The molecule has 2 aromatic carbocycles. The van der Waals surface area contributed by atoms with Crippen molar-refractivity contribution in [2.24, 2.45) is 4.99 Å². The molecule has 2 aliphatic heterocycles. The van der Waals surface area contributed by atoms with Crippen LogP contribution in [0, 0.1) is 17.1 Å². The van der Waals surface area contributed by atoms with Gasteiger partial charge in [-0.1, -0.05) is 23.2 Å². The van der Waals surface area contributed by atoms with Crippen molar-refractivity contribution in [1.29, 1.82) is 5.26 Å². The number of nitrogens with one attached hydrogen (secondary N) is 4. The van der Waals surface area contributed by atoms with E-state index in [1.165, 1.54) is 18.3 Å². The van der Waals surface area contributed by atoms with Crippen LogP contribution in [0.2, 0.25) is 10.0 Å². The fourth-order valence-electron chi connectivity index (χ4n) is 4.11. The van der Waals surface area contributed by atoms with Crippen LogP contribution in [-0.2, 0) is 0 Å². The number of aliphatic imine (C=N–C) groups is 1. The minimum atomic E-state index is -0.526. The fourth-order valence-corrected chi connectivity index (χ4v) is 5.43. The van der Waals surface area contributed by atoms with Crippen LogP contribution in [-0.4, -0.2) is 39.4 Å². The largest absolute Gasteiger partial charge is 0.375 e. The molecule has 5 rings (SSSR count). The van der Waals surface area contributed by atoms with E-state index < -0.39 is 5.82 Å². The number of anilines is 3. The third kappa shape index (κ3) is 5.26. The van der Waals surface area contributed by atoms with Crippen LogP contribution in [0.3, 0.4) is 0 Å². The Morgan fingerprint density at radius 1 is 1.22 bits per heavy atom. The third-order valence-corrected chi connectivity index (χ3v) is 7.64. The third-order valence-electron chi connectivity index (χ3n) is 6.02. The molecule has 0 amide bonds. The lowest BCUT2D eigenvalue weighted by Gasteiger charge is -2.26. The van der Waals surface area contributed by atoms with Crippen molar-refractivity contribution in [2.75, 3.05) is 17.2 Å². The number of nitriles is 1. The van der Waals surface area contributed by atoms with Crippen LogP contribution in [0.25, 0.3) is 10.9 Å². The quantitative estimate of drug-likeness (QED) is 0.290. The minimum Gasteiger partial charge on any atom is -0.375 e. The average Bonchev–Trinajstić information content (AvgIpc) is 3.58. The molecular formula is C25H23Cl2FN8S. The van der Waals surface area contributed by atoms with Gasteiger partial charge in [-0.05, 0) is 44.2 Å². The zero-order chi connectivity index (χ0) is 26.1. The number of thioether (sulfide) groups is 1. The van der Waals surface area contributed by atoms with E-state index in [0.29, 0.717) is 39.4 Å². The number of benzene rings is 2. The highest BCUT2D eigenvalue weighted by atomic mass is 35.5. The maximum absolute atomic E-state index is 13.7. The summed E-state index contributed by atoms with van der Waals surface area (Å²) in [4.78, 5) is 8.82. The van der Waals surface area contributed by atoms with Crippen molar-refractivity contribution in [3.63, 3.8) is 0 Å². The summed E-state index contributed by atoms with van der Waals surface area (Å²) in [5, 5.41) is 19.8. The number of hydrogen-bond acceptors (Lipinski definition) is 9. The highest BCUT2D eigenvalue weighted by Crippen LogP contribution is 2.36. The first-order valence-electron chi connectivity index (χ1n) is 11.5. The topological polar surface area (TPSA) is 100 Å². The van der Waals surface area contributed by atoms with Crippen LogP contribution in [0.4, 0.5) is 21.5 Å². The van der Waals surface area contributed by atoms with Gasteiger partial charge < -0.3 is 16.1 Å². The van der Waals surface area contributed by atoms with Gasteiger partial charge in [0.2, 0.25) is 0 Å². The van der Waals surface area contributed by atoms with E-state index in [4.69, 9.17) is 23.2 Å². The molecule has 2 atom stereocenters. The van der Waals surface area contributed by atoms with E-state index in [1.54, 1.807) is 17.8 Å². The molecule has 0 spiro atoms. The van der Waals surface area contributed by atoms with Gasteiger partial charge in [0, 0.05) is 35.2 Å². The molecule has 4 N–H and O–H groups in total. The molecule has 3 heterocycles. The maximum atomic E-state index is 13.7. The fraction of sp³-hybridized carbons (Fsp3) is 0.240. The molecule has 0 radical (unpaired) electrons. The number of halogens is 3. The second kappa shape index (κ2) is 10.6. The smallest absolute Gasteiger partial charge is 0.141 e. The standard InChI is InChI=1S/C25H23Cl2FN8S/c1-13(2)36-11-21(34-35-36)25(22-10-30-12-37-22)33-16-5-17-23(32-15-3-4-20(28)18(26)6-15)14(8-29)9-31-24(17)19(27)7-16/h3-7,9,11-13,22,25,33-35H,10H2,1-2H3,(H,31,32)/t22?,25-/m1/s1. The molecule has 3 aromatic rings. The van der Waals surface area contributed by atoms with E-state index in [0.717, 1.165) is 11.4 Å². The molecule has 1 unspecified atom stereocenters. The van der Waals surface area contributed by atoms with Gasteiger partial charge in [0.1, 0.15) is 11.9 Å². The Labute approximate surface area is 227 Å². The van der Waals surface area contributed by atoms with E-state index >= 15 is 0 Å². The monoisotopic (exact) mass is 556 g/mol. The lowest BCUT2D eigenvalue weighted by molar-refractivity contribution is 0.220. The van der Waals surface area contributed by atoms with Gasteiger partial charge in [-0.15, -0.1) is 17.3 Å². The Balaban J connectivity index is 1.55. The lowest BCUT2D eigenvalue weighted by atomic mass is 10.1. The summed E-state index contributed by atoms with van der Waals surface area (Å²) in [5.41, 5.74) is 11.9. The van der Waals surface area contributed by atoms with Gasteiger partial charge in [0.25, 0.3) is 0 Å². The van der Waals surface area contributed by atoms with Crippen LogP contribution >= 0.6 is 35.0 Å². The zero-order valence-electron chi connectivity index (χ0n) is 19.9. The highest BCUT2D eigenvalue weighted by molar-refractivity contribution is 8.13. The predicted molar refractivity (Wildman–Crippen MR) is 150 cm³/mol. The molecule has 37 heavy (non-hydrogen) atoms. The summed E-state index contributed by atoms with van der Waals surface area (Å²) < 4.78 is 13.7. The molecule has 0 fully saturated rings. The Morgan fingerprint density at radius 2 is 2.03 bits per heavy atom. The summed E-state index contributed by atoms with van der Waals surface area (Å²) in [6, 6.07) is 10.3. The molecule has 2 aliphatic rings. The maximum Gasteiger partial charge on any atom is 0.141 e. The lowest BCUT2D eigenvalue weighted by Crippen LogP contribution is -2.44. The van der Waals surface area contributed by atoms with Crippen LogP contribution in [0.1, 0.15) is 19.4 Å². The number of pyridine rings is 1. The molecule has 190 valence electrons. The predicted octanol–water partition coefficient (Wildman–Crippen LogP) is 5.79. The highest BCUT2D eigenvalue weighted by Gasteiger charge is 2.31. The zero-order valence-corrected chi connectivity index (χ0v) is 22.2. The number of hydrogen-bond donors (Lipinski definition) is 4. The van der Waals surface area contributed by atoms with Gasteiger partial charge in [-0.25, -0.2) is 4.39 Å². The molecule has 1 aromatic heterocycles. The molecule has 12 heteroatoms. The van der Waals surface area contributed by atoms with E-state index in [2.05, 4.69) is 51.5 Å². The second-order valence-electron chi connectivity index (χ2n) is 8.86. The van der Waals surface area contributed by atoms with E-state index in [9.17, 15) is 9.65 Å². The number of aromatic nitrogens is 1. The summed E-state index contributed by atoms with van der Waals surface area (Å²) >= 11 is 14.3. The first kappa shape index (κ1) is 25.4. The molecule has 0 saturated carbocycles. The van der Waals surface area contributed by atoms with E-state index in [-0.39, 0.29) is 22.4 Å². The molecule has 0 saturated heterocycles. The summed E-state index contributed by atoms with van der Waals surface area (Å²) in [5.74, 6) is -0.526. The van der Waals surface area contributed by atoms with Crippen molar-refractivity contribution >= 4 is 68.5 Å². The molecule has 0 aliphatic carbocycles. The van der Waals surface area contributed by atoms with Gasteiger partial charge >= 0.3 is 0 Å². The number of fused-ring (bicyclic) bond motifs is 1. The average molecular weight is 557 g/mol. The Bertz CT molecular complexity index is 1450. The first-order valence-corrected chi connectivity index (χ1v) is 13.2. The second-order valence-corrected chi connectivity index (χ2v) is 10.8. The first-order chi connectivity index (χ1) is 17.8. The van der Waals surface area contributed by atoms with Crippen LogP contribution in [0.15, 0.2) is 53.4 Å². The number of hydrazine groups is 2. The van der Waals surface area contributed by atoms with Crippen molar-refractivity contribution in [2.45, 2.75) is 31.2 Å². The van der Waals surface area contributed by atoms with Gasteiger partial charge in [-0.2, -0.15) is 5.26 Å². The van der Waals surface area contributed by atoms with Gasteiger partial charge in [0.15, 0.2) is 0 Å². The molecular weight excluding hydrogens is 534 g/mol. The van der Waals surface area contributed by atoms with Crippen molar-refractivity contribution in [3.05, 3.63) is 69.9 Å². The SMILES string of the molecule is CC(C)N1C=C([C@@H](Nc2cc(Cl)c3ncc(C#N)c(Nc4ccc(F)c(Cl)c4)c3c2)C2CN=CS2)NN1. The van der Waals surface area contributed by atoms with E-state index in [1.807, 2.05) is 28.9 Å². The molecule has 8 nitrogen and oxygen atoms in total. The van der Waals surface area contributed by atoms with Crippen LogP contribution in [0.5, 0.6) is 0 Å². The van der Waals surface area contributed by atoms with Crippen molar-refractivity contribution in [1.82, 2.24) is 21.0 Å². The number of rotatable bonds is 7. The van der Waals surface area contributed by atoms with Crippen molar-refractivity contribution < 1.29 is 4.39 Å². The minimum absolute atomic E-state index is 0.0252. The Kier molecular flexibility index (Phi) is 7.31. The Morgan fingerprint density at radius 3 is 2.70 bits per heavy atom. The van der Waals surface area contributed by atoms with Crippen molar-refractivity contribution in [3.8, 4) is 6.07 Å². The Hall–Kier alpha value is -3.23. The van der Waals surface area contributed by atoms with Gasteiger partial charge in [-0.3, -0.25) is 15.0 Å². The van der Waals surface area contributed by atoms with Crippen LogP contribution < -0.4 is 21.6 Å². The number of nitrogens with zero attached hydrogens (tertiary/aromatic N) is 4. The molecule has 0 bridgehead atoms. The summed E-state index contributed by atoms with van der Waals surface area (Å²) in [6.07, 6.45) is 3.51. The summed E-state index contributed by atoms with van der Waals surface area (Å²) in [7, 11) is 0. The summed E-state index contributed by atoms with van der Waals surface area (Å²) in [6.45, 7) is 4.86. The van der Waals surface area contributed by atoms with Gasteiger partial charge in [0.05, 0.1) is 55.9 Å².